The monoisotopic (exact) mass is 280 g/mol. The van der Waals surface area contributed by atoms with Crippen LogP contribution in [0.2, 0.25) is 0 Å². The molecule has 16 heavy (non-hydrogen) atoms. The van der Waals surface area contributed by atoms with Crippen LogP contribution >= 0.6 is 15.9 Å². The fourth-order valence-corrected chi connectivity index (χ4v) is 2.00. The number of aromatic carboxylic acids is 1. The van der Waals surface area contributed by atoms with Gasteiger partial charge in [-0.25, -0.2) is 9.78 Å². The Balaban J connectivity index is 2.81. The number of hydrogen-bond donors (Lipinski definition) is 1. The van der Waals surface area contributed by atoms with E-state index in [4.69, 9.17) is 5.11 Å². The van der Waals surface area contributed by atoms with Gasteiger partial charge in [0.25, 0.3) is 0 Å². The summed E-state index contributed by atoms with van der Waals surface area (Å²) in [5, 5.41) is 9.90. The van der Waals surface area contributed by atoms with Crippen molar-refractivity contribution >= 4 is 32.8 Å². The van der Waals surface area contributed by atoms with Crippen LogP contribution < -0.4 is 0 Å². The van der Waals surface area contributed by atoms with E-state index >= 15 is 0 Å². The summed E-state index contributed by atoms with van der Waals surface area (Å²) in [4.78, 5) is 19.2. The first-order valence-corrected chi connectivity index (χ1v) is 5.59. The molecule has 0 spiro atoms. The molecule has 1 N–H and O–H groups in total. The van der Waals surface area contributed by atoms with Crippen molar-refractivity contribution in [2.75, 3.05) is 0 Å². The maximum absolute atomic E-state index is 11.0. The predicted molar refractivity (Wildman–Crippen MR) is 63.6 cm³/mol. The number of hydrogen-bond acceptors (Lipinski definition) is 3. The van der Waals surface area contributed by atoms with Gasteiger partial charge in [0.2, 0.25) is 0 Å². The maximum Gasteiger partial charge on any atom is 0.354 e. The smallest absolute Gasteiger partial charge is 0.354 e. The summed E-state index contributed by atoms with van der Waals surface area (Å²) in [6, 6.07) is 1.82. The van der Waals surface area contributed by atoms with E-state index in [-0.39, 0.29) is 5.69 Å². The quantitative estimate of drug-likeness (QED) is 0.919. The summed E-state index contributed by atoms with van der Waals surface area (Å²) < 4.78 is 0.704. The SMILES string of the molecule is CCc1cc2cncc(Br)c2nc1C(=O)O. The van der Waals surface area contributed by atoms with Crippen LogP contribution in [0.15, 0.2) is 22.9 Å². The Morgan fingerprint density at radius 2 is 2.25 bits per heavy atom. The van der Waals surface area contributed by atoms with E-state index in [1.54, 1.807) is 12.4 Å². The second kappa shape index (κ2) is 4.17. The van der Waals surface area contributed by atoms with Gasteiger partial charge in [-0.05, 0) is 34.0 Å². The van der Waals surface area contributed by atoms with Gasteiger partial charge in [-0.2, -0.15) is 0 Å². The highest BCUT2D eigenvalue weighted by Crippen LogP contribution is 2.23. The summed E-state index contributed by atoms with van der Waals surface area (Å²) >= 11 is 3.31. The molecule has 0 saturated heterocycles. The Bertz CT molecular complexity index is 569. The minimum atomic E-state index is -0.998. The van der Waals surface area contributed by atoms with Crippen molar-refractivity contribution < 1.29 is 9.90 Å². The summed E-state index contributed by atoms with van der Waals surface area (Å²) in [6.07, 6.45) is 3.92. The number of rotatable bonds is 2. The summed E-state index contributed by atoms with van der Waals surface area (Å²) in [5.41, 5.74) is 1.46. The van der Waals surface area contributed by atoms with Crippen LogP contribution in [0, 0.1) is 0 Å². The van der Waals surface area contributed by atoms with Gasteiger partial charge in [0.05, 0.1) is 9.99 Å². The van der Waals surface area contributed by atoms with Crippen LogP contribution in [0.25, 0.3) is 10.9 Å². The largest absolute Gasteiger partial charge is 0.477 e. The average molecular weight is 281 g/mol. The van der Waals surface area contributed by atoms with Crippen molar-refractivity contribution in [3.8, 4) is 0 Å². The highest BCUT2D eigenvalue weighted by atomic mass is 79.9. The summed E-state index contributed by atoms with van der Waals surface area (Å²) in [7, 11) is 0. The second-order valence-electron chi connectivity index (χ2n) is 3.35. The molecule has 2 aromatic heterocycles. The van der Waals surface area contributed by atoms with Crippen LogP contribution in [-0.4, -0.2) is 21.0 Å². The molecule has 2 heterocycles. The van der Waals surface area contributed by atoms with Crippen molar-refractivity contribution in [3.05, 3.63) is 34.2 Å². The van der Waals surface area contributed by atoms with Gasteiger partial charge in [-0.3, -0.25) is 4.98 Å². The van der Waals surface area contributed by atoms with Gasteiger partial charge in [0, 0.05) is 17.8 Å². The number of aryl methyl sites for hydroxylation is 1. The van der Waals surface area contributed by atoms with Gasteiger partial charge in [0.1, 0.15) is 0 Å². The number of carboxylic acids is 1. The third kappa shape index (κ3) is 1.78. The lowest BCUT2D eigenvalue weighted by molar-refractivity contribution is 0.0689. The molecule has 2 rings (SSSR count). The van der Waals surface area contributed by atoms with Crippen molar-refractivity contribution in [2.24, 2.45) is 0 Å². The lowest BCUT2D eigenvalue weighted by Gasteiger charge is -2.06. The van der Waals surface area contributed by atoms with E-state index in [9.17, 15) is 4.79 Å². The number of carbonyl (C=O) groups is 1. The molecule has 4 nitrogen and oxygen atoms in total. The molecule has 0 aromatic carbocycles. The van der Waals surface area contributed by atoms with E-state index in [2.05, 4.69) is 25.9 Å². The van der Waals surface area contributed by atoms with Crippen molar-refractivity contribution in [1.29, 1.82) is 0 Å². The van der Waals surface area contributed by atoms with Gasteiger partial charge >= 0.3 is 5.97 Å². The third-order valence-corrected chi connectivity index (χ3v) is 2.92. The number of halogens is 1. The van der Waals surface area contributed by atoms with Crippen molar-refractivity contribution in [3.63, 3.8) is 0 Å². The number of carboxylic acid groups (broad SMARTS) is 1. The highest BCUT2D eigenvalue weighted by molar-refractivity contribution is 9.10. The highest BCUT2D eigenvalue weighted by Gasteiger charge is 2.13. The fourth-order valence-electron chi connectivity index (χ4n) is 1.56. The van der Waals surface area contributed by atoms with E-state index in [1.165, 1.54) is 0 Å². The van der Waals surface area contributed by atoms with Gasteiger partial charge in [0.15, 0.2) is 5.69 Å². The van der Waals surface area contributed by atoms with Gasteiger partial charge in [-0.1, -0.05) is 6.92 Å². The molecule has 0 aliphatic rings. The van der Waals surface area contributed by atoms with Crippen molar-refractivity contribution in [2.45, 2.75) is 13.3 Å². The molecule has 0 aliphatic heterocycles. The van der Waals surface area contributed by atoms with E-state index in [0.29, 0.717) is 16.4 Å². The molecule has 0 fully saturated rings. The molecule has 0 saturated carbocycles. The number of nitrogens with zero attached hydrogens (tertiary/aromatic N) is 2. The lowest BCUT2D eigenvalue weighted by Crippen LogP contribution is -2.05. The summed E-state index contributed by atoms with van der Waals surface area (Å²) in [6.45, 7) is 1.90. The van der Waals surface area contributed by atoms with E-state index in [0.717, 1.165) is 10.9 Å². The number of aromatic nitrogens is 2. The van der Waals surface area contributed by atoms with Gasteiger partial charge < -0.3 is 5.11 Å². The average Bonchev–Trinajstić information content (AvgIpc) is 2.27. The first-order valence-electron chi connectivity index (χ1n) is 4.80. The zero-order valence-electron chi connectivity index (χ0n) is 8.57. The second-order valence-corrected chi connectivity index (χ2v) is 4.20. The minimum absolute atomic E-state index is 0.113. The molecule has 0 radical (unpaired) electrons. The number of pyridine rings is 2. The standard InChI is InChI=1S/C11H9BrN2O2/c1-2-6-3-7-4-13-5-8(12)9(7)14-10(6)11(15)16/h3-5H,2H2,1H3,(H,15,16). The third-order valence-electron chi connectivity index (χ3n) is 2.34. The number of fused-ring (bicyclic) bond motifs is 1. The predicted octanol–water partition coefficient (Wildman–Crippen LogP) is 2.65. The topological polar surface area (TPSA) is 63.1 Å². The molecule has 0 amide bonds. The maximum atomic E-state index is 11.0. The van der Waals surface area contributed by atoms with E-state index in [1.807, 2.05) is 13.0 Å². The Morgan fingerprint density at radius 3 is 2.88 bits per heavy atom. The molecule has 0 atom stereocenters. The molecular weight excluding hydrogens is 272 g/mol. The first kappa shape index (κ1) is 11.0. The Kier molecular flexibility index (Phi) is 2.87. The zero-order chi connectivity index (χ0) is 11.7. The zero-order valence-corrected chi connectivity index (χ0v) is 10.2. The molecule has 0 aliphatic carbocycles. The normalized spacial score (nSPS) is 10.6. The Hall–Kier alpha value is -1.49. The molecule has 5 heteroatoms. The Labute approximate surface area is 100 Å². The molecule has 2 aromatic rings. The Morgan fingerprint density at radius 1 is 1.50 bits per heavy atom. The van der Waals surface area contributed by atoms with Crippen molar-refractivity contribution in [1.82, 2.24) is 9.97 Å². The van der Waals surface area contributed by atoms with Crippen LogP contribution in [0.1, 0.15) is 23.0 Å². The minimum Gasteiger partial charge on any atom is -0.477 e. The van der Waals surface area contributed by atoms with E-state index < -0.39 is 5.97 Å². The molecule has 0 bridgehead atoms. The van der Waals surface area contributed by atoms with Crippen LogP contribution in [0.3, 0.4) is 0 Å². The fraction of sp³-hybridized carbons (Fsp3) is 0.182. The molecular formula is C11H9BrN2O2. The lowest BCUT2D eigenvalue weighted by atomic mass is 10.1. The van der Waals surface area contributed by atoms with Gasteiger partial charge in [-0.15, -0.1) is 0 Å². The van der Waals surface area contributed by atoms with Crippen LogP contribution in [0.4, 0.5) is 0 Å². The molecule has 0 unspecified atom stereocenters. The van der Waals surface area contributed by atoms with Crippen LogP contribution in [-0.2, 0) is 6.42 Å². The molecule has 82 valence electrons. The van der Waals surface area contributed by atoms with Crippen LogP contribution in [0.5, 0.6) is 0 Å². The summed E-state index contributed by atoms with van der Waals surface area (Å²) in [5.74, 6) is -0.998. The first-order chi connectivity index (χ1) is 7.63.